The van der Waals surface area contributed by atoms with Crippen molar-refractivity contribution in [1.29, 1.82) is 0 Å². The Balaban J connectivity index is 1.55. The summed E-state index contributed by atoms with van der Waals surface area (Å²) in [6, 6.07) is 15.6. The van der Waals surface area contributed by atoms with E-state index in [0.29, 0.717) is 31.0 Å². The lowest BCUT2D eigenvalue weighted by atomic mass is 9.60. The number of ether oxygens (including phenoxy) is 1. The van der Waals surface area contributed by atoms with Crippen molar-refractivity contribution in [2.75, 3.05) is 18.1 Å². The fraction of sp³-hybridized carbons (Fsp3) is 0.381. The Hall–Kier alpha value is -2.28. The Kier molecular flexibility index (Phi) is 5.42. The largest absolute Gasteiger partial charge is 0.492 e. The number of hydrogen-bond acceptors (Lipinski definition) is 6. The van der Waals surface area contributed by atoms with Gasteiger partial charge < -0.3 is 14.0 Å². The third-order valence-electron chi connectivity index (χ3n) is 5.56. The van der Waals surface area contributed by atoms with Gasteiger partial charge in [-0.05, 0) is 44.5 Å². The molecule has 0 radical (unpaired) electrons. The smallest absolute Gasteiger partial charge is 0.463 e. The second-order valence-electron chi connectivity index (χ2n) is 8.39. The van der Waals surface area contributed by atoms with E-state index in [9.17, 15) is 10.0 Å². The van der Waals surface area contributed by atoms with Gasteiger partial charge in [0.15, 0.2) is 0 Å². The number of ketones is 1. The Labute approximate surface area is 172 Å². The standard InChI is InChI=1S/C21H25B2NO5/c1-15(25)21(2,3)13-27-19-10-9-18(24(26)23-20(29-23)22-14-28-22)12-17(19)11-16-7-5-4-6-8-16/h4-10,12,20,26H,11,13-14H2,1-3H3. The minimum absolute atomic E-state index is 0.0788. The zero-order chi connectivity index (χ0) is 20.6. The van der Waals surface area contributed by atoms with E-state index in [2.05, 4.69) is 12.1 Å². The third kappa shape index (κ3) is 4.66. The van der Waals surface area contributed by atoms with E-state index in [-0.39, 0.29) is 25.7 Å². The Morgan fingerprint density at radius 1 is 1.28 bits per heavy atom. The Bertz CT molecular complexity index is 888. The van der Waals surface area contributed by atoms with Crippen LogP contribution >= 0.6 is 0 Å². The van der Waals surface area contributed by atoms with Crippen molar-refractivity contribution in [3.05, 3.63) is 59.7 Å². The number of Topliss-reactive ketones (excluding diaryl/α,β-unsaturated/α-hetero) is 1. The van der Waals surface area contributed by atoms with Crippen LogP contribution in [0.1, 0.15) is 31.9 Å². The van der Waals surface area contributed by atoms with Gasteiger partial charge in [0.05, 0.1) is 17.0 Å². The van der Waals surface area contributed by atoms with Crippen LogP contribution in [0.25, 0.3) is 0 Å². The molecule has 2 aromatic carbocycles. The molecule has 2 aromatic rings. The van der Waals surface area contributed by atoms with Gasteiger partial charge in [-0.25, -0.2) is 0 Å². The summed E-state index contributed by atoms with van der Waals surface area (Å²) < 4.78 is 16.8. The highest BCUT2D eigenvalue weighted by atomic mass is 16.6. The van der Waals surface area contributed by atoms with Gasteiger partial charge in [-0.15, -0.1) is 0 Å². The highest BCUT2D eigenvalue weighted by Gasteiger charge is 2.62. The van der Waals surface area contributed by atoms with Crippen LogP contribution in [-0.2, 0) is 20.5 Å². The summed E-state index contributed by atoms with van der Waals surface area (Å²) in [5.74, 6) is 0.712. The van der Waals surface area contributed by atoms with Crippen LogP contribution in [0.5, 0.6) is 5.75 Å². The molecule has 2 aliphatic rings. The molecule has 0 bridgehead atoms. The maximum atomic E-state index is 11.8. The van der Waals surface area contributed by atoms with E-state index in [0.717, 1.165) is 16.1 Å². The van der Waals surface area contributed by atoms with Crippen molar-refractivity contribution in [3.8, 4) is 5.75 Å². The molecule has 0 spiro atoms. The molecule has 4 rings (SSSR count). The molecule has 150 valence electrons. The summed E-state index contributed by atoms with van der Waals surface area (Å²) >= 11 is 0. The monoisotopic (exact) mass is 393 g/mol. The summed E-state index contributed by atoms with van der Waals surface area (Å²) in [5, 5.41) is 10.6. The zero-order valence-electron chi connectivity index (χ0n) is 17.0. The number of anilines is 1. The van der Waals surface area contributed by atoms with Gasteiger partial charge in [0.2, 0.25) is 0 Å². The zero-order valence-corrected chi connectivity index (χ0v) is 17.0. The number of rotatable bonds is 9. The number of hydrogen-bond donors (Lipinski definition) is 1. The average molecular weight is 393 g/mol. The van der Waals surface area contributed by atoms with Crippen molar-refractivity contribution in [3.63, 3.8) is 0 Å². The Morgan fingerprint density at radius 3 is 2.66 bits per heavy atom. The molecule has 6 nitrogen and oxygen atoms in total. The van der Waals surface area contributed by atoms with Crippen LogP contribution < -0.4 is 9.71 Å². The molecule has 0 aromatic heterocycles. The molecule has 2 aliphatic heterocycles. The van der Waals surface area contributed by atoms with Gasteiger partial charge in [-0.3, -0.25) is 15.0 Å². The molecule has 0 amide bonds. The summed E-state index contributed by atoms with van der Waals surface area (Å²) in [5.41, 5.74) is 2.15. The fourth-order valence-electron chi connectivity index (χ4n) is 3.14. The van der Waals surface area contributed by atoms with Crippen molar-refractivity contribution >= 4 is 25.4 Å². The van der Waals surface area contributed by atoms with Crippen LogP contribution in [0.3, 0.4) is 0 Å². The fourth-order valence-corrected chi connectivity index (χ4v) is 3.14. The van der Waals surface area contributed by atoms with E-state index in [1.807, 2.05) is 44.2 Å². The molecule has 29 heavy (non-hydrogen) atoms. The van der Waals surface area contributed by atoms with Crippen LogP contribution in [0.15, 0.2) is 48.5 Å². The first-order valence-electron chi connectivity index (χ1n) is 9.91. The van der Waals surface area contributed by atoms with Crippen molar-refractivity contribution in [2.45, 2.75) is 33.1 Å². The molecular weight excluding hydrogens is 368 g/mol. The number of carbonyl (C=O) groups excluding carboxylic acids is 1. The lowest BCUT2D eigenvalue weighted by molar-refractivity contribution is -0.126. The molecule has 8 heteroatoms. The lowest BCUT2D eigenvalue weighted by Gasteiger charge is -2.23. The van der Waals surface area contributed by atoms with Crippen LogP contribution in [0.2, 0.25) is 0 Å². The van der Waals surface area contributed by atoms with Crippen LogP contribution in [0.4, 0.5) is 5.69 Å². The first-order chi connectivity index (χ1) is 13.8. The quantitative estimate of drug-likeness (QED) is 0.401. The van der Waals surface area contributed by atoms with Gasteiger partial charge in [-0.2, -0.15) is 0 Å². The SMILES string of the molecule is CC(=O)C(C)(C)COc1ccc(N(O)B2OC2B2CO2)cc1Cc1ccccc1. The molecule has 0 aliphatic carbocycles. The minimum atomic E-state index is -0.564. The van der Waals surface area contributed by atoms with E-state index < -0.39 is 5.41 Å². The first kappa shape index (κ1) is 20.0. The van der Waals surface area contributed by atoms with Gasteiger partial charge >= 0.3 is 14.0 Å². The van der Waals surface area contributed by atoms with Crippen molar-refractivity contribution in [2.24, 2.45) is 5.41 Å². The molecular formula is C21H25B2NO5. The Morgan fingerprint density at radius 2 is 2.00 bits per heavy atom. The first-order valence-corrected chi connectivity index (χ1v) is 9.91. The van der Waals surface area contributed by atoms with E-state index in [4.69, 9.17) is 14.0 Å². The molecule has 1 N–H and O–H groups in total. The van der Waals surface area contributed by atoms with Gasteiger partial charge in [0, 0.05) is 18.5 Å². The normalized spacial score (nSPS) is 17.9. The lowest BCUT2D eigenvalue weighted by Crippen LogP contribution is -2.31. The van der Waals surface area contributed by atoms with Crippen LogP contribution in [-0.4, -0.2) is 44.0 Å². The average Bonchev–Trinajstić information content (AvgIpc) is 3.60. The van der Waals surface area contributed by atoms with Crippen LogP contribution in [0, 0.1) is 5.41 Å². The van der Waals surface area contributed by atoms with Crippen molar-refractivity contribution in [1.82, 2.24) is 0 Å². The van der Waals surface area contributed by atoms with E-state index in [1.165, 1.54) is 0 Å². The number of carbonyl (C=O) groups is 1. The summed E-state index contributed by atoms with van der Waals surface area (Å²) in [6.07, 6.45) is 0.652. The molecule has 2 fully saturated rings. The van der Waals surface area contributed by atoms with Gasteiger partial charge in [0.25, 0.3) is 0 Å². The number of benzene rings is 2. The summed E-state index contributed by atoms with van der Waals surface area (Å²) in [6.45, 7) is 6.40. The third-order valence-corrected chi connectivity index (χ3v) is 5.56. The predicted molar refractivity (Wildman–Crippen MR) is 112 cm³/mol. The number of nitrogens with zero attached hydrogens (tertiary/aromatic N) is 1. The molecule has 2 heterocycles. The maximum Gasteiger partial charge on any atom is 0.463 e. The topological polar surface area (TPSA) is 74.8 Å². The predicted octanol–water partition coefficient (Wildman–Crippen LogP) is 2.99. The highest BCUT2D eigenvalue weighted by Crippen LogP contribution is 2.34. The van der Waals surface area contributed by atoms with Gasteiger partial charge in [0.1, 0.15) is 18.1 Å². The minimum Gasteiger partial charge on any atom is -0.492 e. The summed E-state index contributed by atoms with van der Waals surface area (Å²) in [7, 11) is -0.379. The molecule has 0 saturated carbocycles. The second-order valence-corrected chi connectivity index (χ2v) is 8.39. The highest BCUT2D eigenvalue weighted by molar-refractivity contribution is 6.85. The maximum absolute atomic E-state index is 11.8. The molecule has 2 saturated heterocycles. The van der Waals surface area contributed by atoms with Gasteiger partial charge in [-0.1, -0.05) is 30.3 Å². The van der Waals surface area contributed by atoms with E-state index in [1.54, 1.807) is 13.0 Å². The summed E-state index contributed by atoms with van der Waals surface area (Å²) in [4.78, 5) is 13.0. The van der Waals surface area contributed by atoms with Crippen molar-refractivity contribution < 1.29 is 24.0 Å². The van der Waals surface area contributed by atoms with E-state index >= 15 is 0 Å². The molecule has 1 unspecified atom stereocenters. The second kappa shape index (κ2) is 7.86. The molecule has 1 atom stereocenters.